The second-order valence-corrected chi connectivity index (χ2v) is 5.72. The maximum Gasteiger partial charge on any atom is 0.0730 e. The lowest BCUT2D eigenvalue weighted by Gasteiger charge is -2.35. The van der Waals surface area contributed by atoms with E-state index >= 15 is 0 Å². The molecule has 94 valence electrons. The van der Waals surface area contributed by atoms with Crippen molar-refractivity contribution in [2.24, 2.45) is 11.8 Å². The van der Waals surface area contributed by atoms with Crippen LogP contribution in [-0.4, -0.2) is 25.3 Å². The van der Waals surface area contributed by atoms with E-state index in [1.165, 1.54) is 38.5 Å². The number of rotatable bonds is 6. The number of hydrogen-bond acceptors (Lipinski definition) is 2. The van der Waals surface area contributed by atoms with Crippen LogP contribution < -0.4 is 5.32 Å². The van der Waals surface area contributed by atoms with Gasteiger partial charge in [0.1, 0.15) is 0 Å². The average Bonchev–Trinajstić information content (AvgIpc) is 3.06. The van der Waals surface area contributed by atoms with Crippen molar-refractivity contribution < 1.29 is 4.74 Å². The number of likely N-dealkylation sites (N-methyl/N-ethyl adjacent to an activating group) is 1. The van der Waals surface area contributed by atoms with Gasteiger partial charge >= 0.3 is 0 Å². The van der Waals surface area contributed by atoms with E-state index in [4.69, 9.17) is 4.74 Å². The standard InChI is InChI=1S/C14H27NO/c1-3-15-13-7-4-11(2)10-14(13)16-9-8-12-5-6-12/h11-15H,3-10H2,1-2H3. The van der Waals surface area contributed by atoms with Gasteiger partial charge in [0.05, 0.1) is 6.10 Å². The van der Waals surface area contributed by atoms with Gasteiger partial charge in [-0.3, -0.25) is 0 Å². The maximum absolute atomic E-state index is 6.11. The van der Waals surface area contributed by atoms with Crippen molar-refractivity contribution in [3.63, 3.8) is 0 Å². The summed E-state index contributed by atoms with van der Waals surface area (Å²) in [5, 5.41) is 3.58. The minimum atomic E-state index is 0.474. The fraction of sp³-hybridized carbons (Fsp3) is 1.00. The Hall–Kier alpha value is -0.0800. The van der Waals surface area contributed by atoms with Gasteiger partial charge in [-0.1, -0.05) is 26.7 Å². The normalized spacial score (nSPS) is 35.2. The molecule has 0 aromatic heterocycles. The van der Waals surface area contributed by atoms with Crippen molar-refractivity contribution in [1.29, 1.82) is 0 Å². The van der Waals surface area contributed by atoms with Crippen LogP contribution in [0.15, 0.2) is 0 Å². The van der Waals surface area contributed by atoms with Crippen LogP contribution in [0.2, 0.25) is 0 Å². The molecule has 2 aliphatic rings. The minimum Gasteiger partial charge on any atom is -0.377 e. The van der Waals surface area contributed by atoms with Gasteiger partial charge in [-0.15, -0.1) is 0 Å². The van der Waals surface area contributed by atoms with Crippen molar-refractivity contribution in [2.45, 2.75) is 64.5 Å². The van der Waals surface area contributed by atoms with E-state index in [0.717, 1.165) is 25.0 Å². The molecular weight excluding hydrogens is 198 g/mol. The third kappa shape index (κ3) is 3.74. The molecule has 0 spiro atoms. The quantitative estimate of drug-likeness (QED) is 0.750. The van der Waals surface area contributed by atoms with E-state index in [-0.39, 0.29) is 0 Å². The second kappa shape index (κ2) is 6.02. The van der Waals surface area contributed by atoms with Gasteiger partial charge in [-0.25, -0.2) is 0 Å². The Morgan fingerprint density at radius 3 is 2.69 bits per heavy atom. The molecular formula is C14H27NO. The van der Waals surface area contributed by atoms with E-state index in [9.17, 15) is 0 Å². The highest BCUT2D eigenvalue weighted by atomic mass is 16.5. The molecule has 0 aromatic rings. The van der Waals surface area contributed by atoms with Gasteiger partial charge in [0.25, 0.3) is 0 Å². The summed E-state index contributed by atoms with van der Waals surface area (Å²) in [5.41, 5.74) is 0. The summed E-state index contributed by atoms with van der Waals surface area (Å²) in [6.45, 7) is 6.62. The van der Waals surface area contributed by atoms with Gasteiger partial charge in [0, 0.05) is 12.6 Å². The molecule has 2 saturated carbocycles. The SMILES string of the molecule is CCNC1CCC(C)CC1OCCC1CC1. The van der Waals surface area contributed by atoms with Gasteiger partial charge < -0.3 is 10.1 Å². The van der Waals surface area contributed by atoms with Crippen LogP contribution in [0, 0.1) is 11.8 Å². The molecule has 2 heteroatoms. The largest absolute Gasteiger partial charge is 0.377 e. The topological polar surface area (TPSA) is 21.3 Å². The van der Waals surface area contributed by atoms with Gasteiger partial charge in [-0.05, 0) is 44.1 Å². The second-order valence-electron chi connectivity index (χ2n) is 5.72. The van der Waals surface area contributed by atoms with Gasteiger partial charge in [0.2, 0.25) is 0 Å². The van der Waals surface area contributed by atoms with Crippen molar-refractivity contribution >= 4 is 0 Å². The van der Waals surface area contributed by atoms with Crippen LogP contribution in [0.4, 0.5) is 0 Å². The number of nitrogens with one attached hydrogen (secondary N) is 1. The molecule has 3 atom stereocenters. The van der Waals surface area contributed by atoms with E-state index in [1.807, 2.05) is 0 Å². The lowest BCUT2D eigenvalue weighted by atomic mass is 9.85. The Morgan fingerprint density at radius 1 is 1.19 bits per heavy atom. The molecule has 3 unspecified atom stereocenters. The molecule has 0 radical (unpaired) electrons. The number of hydrogen-bond donors (Lipinski definition) is 1. The van der Waals surface area contributed by atoms with Crippen LogP contribution in [-0.2, 0) is 4.74 Å². The third-order valence-corrected chi connectivity index (χ3v) is 4.08. The molecule has 2 fully saturated rings. The van der Waals surface area contributed by atoms with E-state index in [2.05, 4.69) is 19.2 Å². The van der Waals surface area contributed by atoms with Gasteiger partial charge in [0.15, 0.2) is 0 Å². The van der Waals surface area contributed by atoms with Gasteiger partial charge in [-0.2, -0.15) is 0 Å². The van der Waals surface area contributed by atoms with E-state index in [0.29, 0.717) is 12.1 Å². The molecule has 2 rings (SSSR count). The maximum atomic E-state index is 6.11. The Bertz CT molecular complexity index is 203. The molecule has 2 aliphatic carbocycles. The van der Waals surface area contributed by atoms with Crippen LogP contribution in [0.25, 0.3) is 0 Å². The highest BCUT2D eigenvalue weighted by molar-refractivity contribution is 4.84. The van der Waals surface area contributed by atoms with Crippen LogP contribution >= 0.6 is 0 Å². The Balaban J connectivity index is 1.71. The fourth-order valence-electron chi connectivity index (χ4n) is 2.80. The monoisotopic (exact) mass is 225 g/mol. The molecule has 2 nitrogen and oxygen atoms in total. The number of ether oxygens (including phenoxy) is 1. The zero-order valence-electron chi connectivity index (χ0n) is 10.9. The zero-order valence-corrected chi connectivity index (χ0v) is 10.9. The van der Waals surface area contributed by atoms with Crippen LogP contribution in [0.1, 0.15) is 52.4 Å². The first kappa shape index (κ1) is 12.4. The summed E-state index contributed by atoms with van der Waals surface area (Å²) >= 11 is 0. The molecule has 0 aromatic carbocycles. The lowest BCUT2D eigenvalue weighted by Crippen LogP contribution is -2.45. The van der Waals surface area contributed by atoms with E-state index < -0.39 is 0 Å². The van der Waals surface area contributed by atoms with E-state index in [1.54, 1.807) is 0 Å². The summed E-state index contributed by atoms with van der Waals surface area (Å²) in [6, 6.07) is 0.611. The first-order valence-corrected chi connectivity index (χ1v) is 7.14. The Kier molecular flexibility index (Phi) is 4.66. The van der Waals surface area contributed by atoms with Crippen molar-refractivity contribution in [1.82, 2.24) is 5.32 Å². The summed E-state index contributed by atoms with van der Waals surface area (Å²) in [6.07, 6.45) is 8.57. The van der Waals surface area contributed by atoms with Crippen LogP contribution in [0.5, 0.6) is 0 Å². The first-order chi connectivity index (χ1) is 7.79. The predicted octanol–water partition coefficient (Wildman–Crippen LogP) is 2.97. The first-order valence-electron chi connectivity index (χ1n) is 7.14. The fourth-order valence-corrected chi connectivity index (χ4v) is 2.80. The summed E-state index contributed by atoms with van der Waals surface area (Å²) in [7, 11) is 0. The molecule has 1 N–H and O–H groups in total. The molecule has 0 saturated heterocycles. The third-order valence-electron chi connectivity index (χ3n) is 4.08. The van der Waals surface area contributed by atoms with Crippen molar-refractivity contribution in [3.8, 4) is 0 Å². The van der Waals surface area contributed by atoms with Crippen molar-refractivity contribution in [3.05, 3.63) is 0 Å². The highest BCUT2D eigenvalue weighted by Crippen LogP contribution is 2.33. The summed E-state index contributed by atoms with van der Waals surface area (Å²) in [5.74, 6) is 1.85. The predicted molar refractivity (Wildman–Crippen MR) is 67.6 cm³/mol. The highest BCUT2D eigenvalue weighted by Gasteiger charge is 2.29. The molecule has 0 aliphatic heterocycles. The Morgan fingerprint density at radius 2 is 2.00 bits per heavy atom. The molecule has 16 heavy (non-hydrogen) atoms. The zero-order chi connectivity index (χ0) is 11.4. The lowest BCUT2D eigenvalue weighted by molar-refractivity contribution is -0.00949. The smallest absolute Gasteiger partial charge is 0.0730 e. The minimum absolute atomic E-state index is 0.474. The molecule has 0 amide bonds. The molecule has 0 heterocycles. The van der Waals surface area contributed by atoms with Crippen molar-refractivity contribution in [2.75, 3.05) is 13.2 Å². The summed E-state index contributed by atoms with van der Waals surface area (Å²) in [4.78, 5) is 0. The summed E-state index contributed by atoms with van der Waals surface area (Å²) < 4.78 is 6.11. The Labute approximate surface area is 100 Å². The molecule has 0 bridgehead atoms. The average molecular weight is 225 g/mol. The van der Waals surface area contributed by atoms with Crippen LogP contribution in [0.3, 0.4) is 0 Å².